The molecule has 3 aliphatic rings. The molecule has 2 fully saturated rings. The van der Waals surface area contributed by atoms with Crippen LogP contribution in [-0.2, 0) is 14.9 Å². The van der Waals surface area contributed by atoms with Gasteiger partial charge in [-0.2, -0.15) is 0 Å². The van der Waals surface area contributed by atoms with Crippen LogP contribution in [0.4, 0.5) is 20.7 Å². The van der Waals surface area contributed by atoms with Crippen LogP contribution in [0, 0.1) is 5.82 Å². The third kappa shape index (κ3) is 4.99. The Labute approximate surface area is 251 Å². The van der Waals surface area contributed by atoms with E-state index in [1.165, 1.54) is 18.3 Å². The summed E-state index contributed by atoms with van der Waals surface area (Å²) in [5, 5.41) is 3.12. The lowest BCUT2D eigenvalue weighted by Crippen LogP contribution is -2.53. The molecule has 3 aliphatic heterocycles. The fourth-order valence-electron chi connectivity index (χ4n) is 5.85. The number of nitrogen functional groups attached to an aromatic ring is 1. The molecule has 1 aromatic heterocycles. The zero-order valence-corrected chi connectivity index (χ0v) is 24.3. The van der Waals surface area contributed by atoms with Crippen molar-refractivity contribution < 1.29 is 23.5 Å². The van der Waals surface area contributed by atoms with E-state index in [4.69, 9.17) is 38.4 Å². The average Bonchev–Trinajstić information content (AvgIpc) is 3.26. The van der Waals surface area contributed by atoms with Crippen molar-refractivity contribution in [3.05, 3.63) is 63.5 Å². The summed E-state index contributed by atoms with van der Waals surface area (Å²) < 4.78 is 25.4. The predicted octanol–water partition coefficient (Wildman–Crippen LogP) is 5.05. The lowest BCUT2D eigenvalue weighted by atomic mass is 9.73. The maximum Gasteiger partial charge on any atom is 0.320 e. The highest BCUT2D eigenvalue weighted by Crippen LogP contribution is 2.46. The molecule has 3 amide bonds. The lowest BCUT2D eigenvalue weighted by Gasteiger charge is -2.40. The number of rotatable bonds is 4. The SMILES string of the molecule is C[C@@H](Oc1nc(-c2ccc3c(c2)C2(CCN(C(=O)N4CCOCC4)CC2)C(=O)N3)cnc1N)c1c(Cl)ccc(F)c1Cl. The summed E-state index contributed by atoms with van der Waals surface area (Å²) in [5.41, 5.74) is 8.37. The molecule has 0 radical (unpaired) electrons. The number of ether oxygens (including phenoxy) is 2. The number of urea groups is 1. The molecule has 2 aromatic carbocycles. The Morgan fingerprint density at radius 3 is 2.60 bits per heavy atom. The van der Waals surface area contributed by atoms with Gasteiger partial charge in [-0.25, -0.2) is 19.2 Å². The minimum absolute atomic E-state index is 0.0137. The van der Waals surface area contributed by atoms with Crippen LogP contribution in [0.15, 0.2) is 36.5 Å². The standard InChI is InChI=1S/C29H29Cl2FN6O4/c1-16(23-19(30)3-4-20(32)24(23)31)42-26-25(33)34-15-22(35-26)17-2-5-21-18(14-17)29(27(39)36-21)6-8-37(9-7-29)28(40)38-10-12-41-13-11-38/h2-5,14-16H,6-13H2,1H3,(H2,33,34)(H,36,39)/t16-/m1/s1. The van der Waals surface area contributed by atoms with E-state index in [1.54, 1.807) is 11.8 Å². The number of morpholine rings is 1. The highest BCUT2D eigenvalue weighted by atomic mass is 35.5. The van der Waals surface area contributed by atoms with E-state index in [0.29, 0.717) is 63.5 Å². The molecule has 220 valence electrons. The Balaban J connectivity index is 1.24. The number of carbonyl (C=O) groups is 2. The Bertz CT molecular complexity index is 1560. The number of fused-ring (bicyclic) bond motifs is 2. The monoisotopic (exact) mass is 614 g/mol. The minimum Gasteiger partial charge on any atom is -0.467 e. The summed E-state index contributed by atoms with van der Waals surface area (Å²) in [4.78, 5) is 38.8. The van der Waals surface area contributed by atoms with Gasteiger partial charge < -0.3 is 30.3 Å². The van der Waals surface area contributed by atoms with Gasteiger partial charge in [0.25, 0.3) is 5.88 Å². The van der Waals surface area contributed by atoms with Crippen LogP contribution in [0.5, 0.6) is 5.88 Å². The molecule has 0 bridgehead atoms. The number of piperidine rings is 1. The van der Waals surface area contributed by atoms with Crippen LogP contribution >= 0.6 is 23.2 Å². The number of nitrogens with zero attached hydrogens (tertiary/aromatic N) is 4. The zero-order valence-electron chi connectivity index (χ0n) is 22.8. The summed E-state index contributed by atoms with van der Waals surface area (Å²) in [5.74, 6) is -0.610. The fourth-order valence-corrected chi connectivity index (χ4v) is 6.53. The van der Waals surface area contributed by atoms with Gasteiger partial charge in [0.1, 0.15) is 11.9 Å². The zero-order chi connectivity index (χ0) is 29.6. The summed E-state index contributed by atoms with van der Waals surface area (Å²) in [6.45, 7) is 4.81. The lowest BCUT2D eigenvalue weighted by molar-refractivity contribution is -0.122. The molecular formula is C29H29Cl2FN6O4. The molecule has 4 heterocycles. The molecule has 1 atom stereocenters. The average molecular weight is 615 g/mol. The largest absolute Gasteiger partial charge is 0.467 e. The van der Waals surface area contributed by atoms with Crippen molar-refractivity contribution in [1.29, 1.82) is 0 Å². The summed E-state index contributed by atoms with van der Waals surface area (Å²) >= 11 is 12.4. The predicted molar refractivity (Wildman–Crippen MR) is 156 cm³/mol. The number of nitrogens with one attached hydrogen (secondary N) is 1. The number of hydrogen-bond acceptors (Lipinski definition) is 7. The topological polar surface area (TPSA) is 123 Å². The molecule has 0 aliphatic carbocycles. The first-order valence-corrected chi connectivity index (χ1v) is 14.4. The van der Waals surface area contributed by atoms with Crippen molar-refractivity contribution in [2.45, 2.75) is 31.3 Å². The Kier molecular flexibility index (Phi) is 7.59. The number of aromatic nitrogens is 2. The van der Waals surface area contributed by atoms with Crippen LogP contribution in [0.1, 0.15) is 37.0 Å². The van der Waals surface area contributed by atoms with Gasteiger partial charge in [0.05, 0.1) is 35.5 Å². The first-order valence-electron chi connectivity index (χ1n) is 13.7. The molecule has 13 heteroatoms. The van der Waals surface area contributed by atoms with Gasteiger partial charge in [0.2, 0.25) is 5.91 Å². The number of nitrogens with two attached hydrogens (primary N) is 1. The van der Waals surface area contributed by atoms with E-state index in [9.17, 15) is 14.0 Å². The van der Waals surface area contributed by atoms with Crippen LogP contribution in [-0.4, -0.2) is 71.1 Å². The van der Waals surface area contributed by atoms with E-state index in [0.717, 1.165) is 11.3 Å². The molecule has 10 nitrogen and oxygen atoms in total. The van der Waals surface area contributed by atoms with Crippen LogP contribution < -0.4 is 15.8 Å². The van der Waals surface area contributed by atoms with Crippen LogP contribution in [0.25, 0.3) is 11.3 Å². The first-order chi connectivity index (χ1) is 20.2. The van der Waals surface area contributed by atoms with Gasteiger partial charge in [-0.05, 0) is 49.6 Å². The Morgan fingerprint density at radius 1 is 1.14 bits per heavy atom. The van der Waals surface area contributed by atoms with Crippen molar-refractivity contribution in [3.63, 3.8) is 0 Å². The normalized spacial score (nSPS) is 18.5. The Morgan fingerprint density at radius 2 is 1.86 bits per heavy atom. The summed E-state index contributed by atoms with van der Waals surface area (Å²) in [6.07, 6.45) is 1.75. The molecule has 1 spiro atoms. The molecule has 0 saturated carbocycles. The van der Waals surface area contributed by atoms with E-state index in [2.05, 4.69) is 15.3 Å². The smallest absolute Gasteiger partial charge is 0.320 e. The molecule has 6 rings (SSSR count). The highest BCUT2D eigenvalue weighted by molar-refractivity contribution is 6.36. The maximum atomic E-state index is 14.1. The molecule has 3 aromatic rings. The summed E-state index contributed by atoms with van der Waals surface area (Å²) in [6, 6.07) is 8.18. The number of likely N-dealkylation sites (tertiary alicyclic amines) is 1. The first kappa shape index (κ1) is 28.4. The number of carbonyl (C=O) groups excluding carboxylic acids is 2. The minimum atomic E-state index is -0.775. The van der Waals surface area contributed by atoms with Gasteiger partial charge in [0.15, 0.2) is 5.82 Å². The highest BCUT2D eigenvalue weighted by Gasteiger charge is 2.49. The van der Waals surface area contributed by atoms with E-state index < -0.39 is 17.3 Å². The van der Waals surface area contributed by atoms with Crippen LogP contribution in [0.3, 0.4) is 0 Å². The number of hydrogen-bond donors (Lipinski definition) is 2. The van der Waals surface area contributed by atoms with Gasteiger partial charge in [-0.3, -0.25) is 4.79 Å². The number of halogens is 3. The molecule has 0 unspecified atom stereocenters. The van der Waals surface area contributed by atoms with Gasteiger partial charge >= 0.3 is 6.03 Å². The van der Waals surface area contributed by atoms with E-state index in [-0.39, 0.29) is 39.2 Å². The van der Waals surface area contributed by atoms with Crippen molar-refractivity contribution in [3.8, 4) is 17.1 Å². The molecule has 3 N–H and O–H groups in total. The Hall–Kier alpha value is -3.67. The van der Waals surface area contributed by atoms with E-state index in [1.807, 2.05) is 23.1 Å². The second kappa shape index (κ2) is 11.2. The third-order valence-corrected chi connectivity index (χ3v) is 8.94. The summed E-state index contributed by atoms with van der Waals surface area (Å²) in [7, 11) is 0. The van der Waals surface area contributed by atoms with Gasteiger partial charge in [0, 0.05) is 48.0 Å². The maximum absolute atomic E-state index is 14.1. The van der Waals surface area contributed by atoms with Crippen LogP contribution in [0.2, 0.25) is 10.0 Å². The number of benzene rings is 2. The van der Waals surface area contributed by atoms with Crippen molar-refractivity contribution >= 4 is 46.6 Å². The van der Waals surface area contributed by atoms with Gasteiger partial charge in [-0.1, -0.05) is 29.3 Å². The number of anilines is 2. The van der Waals surface area contributed by atoms with Crippen molar-refractivity contribution in [1.82, 2.24) is 19.8 Å². The molecule has 2 saturated heterocycles. The fraction of sp³-hybridized carbons (Fsp3) is 0.379. The quantitative estimate of drug-likeness (QED) is 0.394. The van der Waals surface area contributed by atoms with Crippen molar-refractivity contribution in [2.75, 3.05) is 50.4 Å². The molecule has 42 heavy (non-hydrogen) atoms. The third-order valence-electron chi connectivity index (χ3n) is 8.22. The number of amides is 3. The second-order valence-corrected chi connectivity index (χ2v) is 11.4. The second-order valence-electron chi connectivity index (χ2n) is 10.6. The molecular weight excluding hydrogens is 586 g/mol. The van der Waals surface area contributed by atoms with Gasteiger partial charge in [-0.15, -0.1) is 0 Å². The van der Waals surface area contributed by atoms with Crippen molar-refractivity contribution in [2.24, 2.45) is 0 Å². The van der Waals surface area contributed by atoms with E-state index >= 15 is 0 Å².